The molecule has 3 rings (SSSR count). The minimum absolute atomic E-state index is 0.0372. The molecular formula is C20H32N2O3. The molecule has 140 valence electrons. The number of hydrogen-bond donors (Lipinski definition) is 0. The van der Waals surface area contributed by atoms with Gasteiger partial charge < -0.3 is 14.5 Å². The van der Waals surface area contributed by atoms with Gasteiger partial charge in [-0.1, -0.05) is 25.5 Å². The molecule has 2 saturated heterocycles. The number of amides is 2. The molecule has 3 atom stereocenters. The molecule has 3 unspecified atom stereocenters. The Morgan fingerprint density at radius 1 is 1.04 bits per heavy atom. The number of carbonyl (C=O) groups excluding carboxylic acids is 2. The van der Waals surface area contributed by atoms with Crippen molar-refractivity contribution < 1.29 is 14.3 Å². The molecule has 0 bridgehead atoms. The van der Waals surface area contributed by atoms with E-state index in [1.54, 1.807) is 0 Å². The van der Waals surface area contributed by atoms with Crippen LogP contribution < -0.4 is 0 Å². The van der Waals surface area contributed by atoms with Gasteiger partial charge in [0.25, 0.3) is 0 Å². The van der Waals surface area contributed by atoms with Crippen LogP contribution in [-0.2, 0) is 14.3 Å². The van der Waals surface area contributed by atoms with Crippen LogP contribution in [0, 0.1) is 23.2 Å². The lowest BCUT2D eigenvalue weighted by Gasteiger charge is -2.36. The van der Waals surface area contributed by atoms with Gasteiger partial charge in [-0.25, -0.2) is 0 Å². The molecule has 2 amide bonds. The summed E-state index contributed by atoms with van der Waals surface area (Å²) in [6.45, 7) is 12.5. The van der Waals surface area contributed by atoms with E-state index in [2.05, 4.69) is 33.8 Å². The van der Waals surface area contributed by atoms with Gasteiger partial charge in [-0.2, -0.15) is 0 Å². The number of morpholine rings is 1. The summed E-state index contributed by atoms with van der Waals surface area (Å²) < 4.78 is 5.34. The summed E-state index contributed by atoms with van der Waals surface area (Å²) in [7, 11) is 0. The monoisotopic (exact) mass is 348 g/mol. The van der Waals surface area contributed by atoms with Gasteiger partial charge in [0.1, 0.15) is 0 Å². The summed E-state index contributed by atoms with van der Waals surface area (Å²) in [6, 6.07) is 0. The van der Waals surface area contributed by atoms with Crippen molar-refractivity contribution in [2.24, 2.45) is 23.2 Å². The minimum Gasteiger partial charge on any atom is -0.378 e. The molecule has 25 heavy (non-hydrogen) atoms. The molecule has 1 aliphatic carbocycles. The predicted octanol–water partition coefficient (Wildman–Crippen LogP) is 2.32. The molecule has 2 heterocycles. The summed E-state index contributed by atoms with van der Waals surface area (Å²) in [5.74, 6) is 0.809. The lowest BCUT2D eigenvalue weighted by molar-refractivity contribution is -0.144. The maximum Gasteiger partial charge on any atom is 0.227 e. The molecular weight excluding hydrogens is 316 g/mol. The van der Waals surface area contributed by atoms with Crippen molar-refractivity contribution in [2.45, 2.75) is 40.5 Å². The van der Waals surface area contributed by atoms with Gasteiger partial charge in [-0.05, 0) is 38.0 Å². The van der Waals surface area contributed by atoms with E-state index >= 15 is 0 Å². The number of nitrogens with zero attached hydrogens (tertiary/aromatic N) is 2. The van der Waals surface area contributed by atoms with Crippen LogP contribution in [0.5, 0.6) is 0 Å². The Bertz CT molecular complexity index is 559. The third-order valence-corrected chi connectivity index (χ3v) is 6.09. The fourth-order valence-electron chi connectivity index (χ4n) is 4.44. The first-order chi connectivity index (χ1) is 11.8. The first-order valence-corrected chi connectivity index (χ1v) is 9.62. The van der Waals surface area contributed by atoms with Gasteiger partial charge in [0.2, 0.25) is 11.8 Å². The van der Waals surface area contributed by atoms with E-state index in [1.807, 2.05) is 9.80 Å². The SMILES string of the molecule is CC(C)=CC1C(C(=O)N2CCCC(C(=O)N3CCOCC3)C2)C1(C)C. The number of allylic oxidation sites excluding steroid dienone is 2. The Labute approximate surface area is 151 Å². The molecule has 0 spiro atoms. The highest BCUT2D eigenvalue weighted by Gasteiger charge is 2.61. The predicted molar refractivity (Wildman–Crippen MR) is 96.9 cm³/mol. The van der Waals surface area contributed by atoms with Crippen LogP contribution in [0.25, 0.3) is 0 Å². The number of carbonyl (C=O) groups is 2. The smallest absolute Gasteiger partial charge is 0.227 e. The van der Waals surface area contributed by atoms with Crippen LogP contribution in [-0.4, -0.2) is 61.0 Å². The summed E-state index contributed by atoms with van der Waals surface area (Å²) in [5.41, 5.74) is 1.31. The third-order valence-electron chi connectivity index (χ3n) is 6.09. The molecule has 2 aliphatic heterocycles. The van der Waals surface area contributed by atoms with Crippen LogP contribution in [0.4, 0.5) is 0 Å². The fourth-order valence-corrected chi connectivity index (χ4v) is 4.44. The van der Waals surface area contributed by atoms with Crippen LogP contribution in [0.2, 0.25) is 0 Å². The van der Waals surface area contributed by atoms with E-state index in [4.69, 9.17) is 4.74 Å². The Kier molecular flexibility index (Phi) is 5.24. The summed E-state index contributed by atoms with van der Waals surface area (Å²) >= 11 is 0. The van der Waals surface area contributed by atoms with Crippen LogP contribution >= 0.6 is 0 Å². The van der Waals surface area contributed by atoms with Crippen LogP contribution in [0.3, 0.4) is 0 Å². The second-order valence-corrected chi connectivity index (χ2v) is 8.63. The highest BCUT2D eigenvalue weighted by atomic mass is 16.5. The van der Waals surface area contributed by atoms with Crippen molar-refractivity contribution in [1.82, 2.24) is 9.80 Å². The maximum absolute atomic E-state index is 13.1. The average Bonchev–Trinajstić information content (AvgIpc) is 3.13. The molecule has 1 saturated carbocycles. The number of rotatable bonds is 3. The zero-order valence-corrected chi connectivity index (χ0v) is 16.1. The Hall–Kier alpha value is -1.36. The van der Waals surface area contributed by atoms with Crippen LogP contribution in [0.1, 0.15) is 40.5 Å². The van der Waals surface area contributed by atoms with E-state index < -0.39 is 0 Å². The second-order valence-electron chi connectivity index (χ2n) is 8.63. The summed E-state index contributed by atoms with van der Waals surface area (Å²) in [4.78, 5) is 29.7. The lowest BCUT2D eigenvalue weighted by atomic mass is 9.95. The molecule has 3 fully saturated rings. The topological polar surface area (TPSA) is 49.9 Å². The maximum atomic E-state index is 13.1. The average molecular weight is 348 g/mol. The highest BCUT2D eigenvalue weighted by molar-refractivity contribution is 5.85. The minimum atomic E-state index is -0.0421. The molecule has 0 radical (unpaired) electrons. The molecule has 5 nitrogen and oxygen atoms in total. The van der Waals surface area contributed by atoms with Gasteiger partial charge >= 0.3 is 0 Å². The van der Waals surface area contributed by atoms with Gasteiger partial charge in [-0.15, -0.1) is 0 Å². The third kappa shape index (κ3) is 3.76. The van der Waals surface area contributed by atoms with E-state index in [0.29, 0.717) is 38.8 Å². The molecule has 3 aliphatic rings. The van der Waals surface area contributed by atoms with E-state index in [-0.39, 0.29) is 29.1 Å². The molecule has 0 aromatic rings. The molecule has 0 aromatic heterocycles. The lowest BCUT2D eigenvalue weighted by Crippen LogP contribution is -2.50. The van der Waals surface area contributed by atoms with E-state index in [9.17, 15) is 9.59 Å². The zero-order chi connectivity index (χ0) is 18.2. The summed E-state index contributed by atoms with van der Waals surface area (Å²) in [6.07, 6.45) is 4.06. The first kappa shape index (κ1) is 18.4. The first-order valence-electron chi connectivity index (χ1n) is 9.62. The second kappa shape index (κ2) is 7.10. The van der Waals surface area contributed by atoms with Crippen molar-refractivity contribution in [3.63, 3.8) is 0 Å². The van der Waals surface area contributed by atoms with Crippen molar-refractivity contribution in [1.29, 1.82) is 0 Å². The van der Waals surface area contributed by atoms with E-state index in [0.717, 1.165) is 19.4 Å². The normalized spacial score (nSPS) is 31.4. The van der Waals surface area contributed by atoms with Gasteiger partial charge in [0.05, 0.1) is 25.0 Å². The molecule has 5 heteroatoms. The number of ether oxygens (including phenoxy) is 1. The van der Waals surface area contributed by atoms with Crippen molar-refractivity contribution in [2.75, 3.05) is 39.4 Å². The van der Waals surface area contributed by atoms with Gasteiger partial charge in [0.15, 0.2) is 0 Å². The van der Waals surface area contributed by atoms with Crippen LogP contribution in [0.15, 0.2) is 11.6 Å². The molecule has 0 aromatic carbocycles. The van der Waals surface area contributed by atoms with Crippen molar-refractivity contribution >= 4 is 11.8 Å². The van der Waals surface area contributed by atoms with Gasteiger partial charge in [-0.3, -0.25) is 9.59 Å². The number of likely N-dealkylation sites (tertiary alicyclic amines) is 1. The van der Waals surface area contributed by atoms with Crippen molar-refractivity contribution in [3.8, 4) is 0 Å². The number of piperidine rings is 1. The standard InChI is InChI=1S/C20H32N2O3/c1-14(2)12-16-17(20(16,3)4)19(24)22-7-5-6-15(13-22)18(23)21-8-10-25-11-9-21/h12,15-17H,5-11,13H2,1-4H3. The van der Waals surface area contributed by atoms with Gasteiger partial charge in [0, 0.05) is 26.2 Å². The molecule has 0 N–H and O–H groups in total. The fraction of sp³-hybridized carbons (Fsp3) is 0.800. The zero-order valence-electron chi connectivity index (χ0n) is 16.1. The van der Waals surface area contributed by atoms with E-state index in [1.165, 1.54) is 5.57 Å². The summed E-state index contributed by atoms with van der Waals surface area (Å²) in [5, 5.41) is 0. The quantitative estimate of drug-likeness (QED) is 0.736. The Morgan fingerprint density at radius 3 is 2.36 bits per heavy atom. The Balaban J connectivity index is 1.62. The Morgan fingerprint density at radius 2 is 1.72 bits per heavy atom. The van der Waals surface area contributed by atoms with Crippen molar-refractivity contribution in [3.05, 3.63) is 11.6 Å². The number of hydrogen-bond acceptors (Lipinski definition) is 3. The largest absolute Gasteiger partial charge is 0.378 e. The highest BCUT2D eigenvalue weighted by Crippen LogP contribution is 2.60.